The molecule has 0 atom stereocenters. The molecule has 0 fully saturated rings. The second kappa shape index (κ2) is 9.84. The summed E-state index contributed by atoms with van der Waals surface area (Å²) in [5.41, 5.74) is 2.07. The van der Waals surface area contributed by atoms with Crippen LogP contribution in [0.5, 0.6) is 23.1 Å². The Bertz CT molecular complexity index is 1450. The molecule has 3 aromatic heterocycles. The number of amides is 1. The molecule has 3 heterocycles. The highest BCUT2D eigenvalue weighted by Gasteiger charge is 2.17. The Morgan fingerprint density at radius 3 is 2.43 bits per heavy atom. The van der Waals surface area contributed by atoms with Gasteiger partial charge in [0.15, 0.2) is 11.5 Å². The quantitative estimate of drug-likeness (QED) is 0.412. The maximum absolute atomic E-state index is 12.9. The van der Waals surface area contributed by atoms with Crippen LogP contribution >= 0.6 is 0 Å². The lowest BCUT2D eigenvalue weighted by atomic mass is 10.1. The first-order valence-corrected chi connectivity index (χ1v) is 11.0. The zero-order valence-electron chi connectivity index (χ0n) is 20.2. The number of aromatic nitrogens is 3. The van der Waals surface area contributed by atoms with Crippen molar-refractivity contribution in [2.75, 3.05) is 19.5 Å². The van der Waals surface area contributed by atoms with Gasteiger partial charge in [-0.25, -0.2) is 4.98 Å². The number of rotatable bonds is 7. The van der Waals surface area contributed by atoms with Gasteiger partial charge in [-0.15, -0.1) is 0 Å². The summed E-state index contributed by atoms with van der Waals surface area (Å²) in [5, 5.41) is 2.79. The standard InChI is InChI=1S/C26H26N4O5/c1-15(2)30-13-11-16(3)22(26(30)32)24(31)28-17-6-8-18(9-7-17)35-20-10-12-27-19-14-21(33-4)25(34-5)29-23(19)20/h6-15H,1-5H3,(H,28,31). The second-order valence-electron chi connectivity index (χ2n) is 8.14. The van der Waals surface area contributed by atoms with Crippen molar-refractivity contribution in [3.05, 3.63) is 76.3 Å². The zero-order chi connectivity index (χ0) is 25.1. The molecule has 0 radical (unpaired) electrons. The minimum Gasteiger partial charge on any atom is -0.491 e. The normalized spacial score (nSPS) is 10.9. The van der Waals surface area contributed by atoms with Crippen LogP contribution in [0, 0.1) is 6.92 Å². The Morgan fingerprint density at radius 1 is 1.03 bits per heavy atom. The van der Waals surface area contributed by atoms with Crippen molar-refractivity contribution < 1.29 is 19.0 Å². The van der Waals surface area contributed by atoms with E-state index in [-0.39, 0.29) is 17.2 Å². The van der Waals surface area contributed by atoms with Gasteiger partial charge in [-0.05, 0) is 56.7 Å². The monoisotopic (exact) mass is 474 g/mol. The molecular weight excluding hydrogens is 448 g/mol. The highest BCUT2D eigenvalue weighted by Crippen LogP contribution is 2.34. The summed E-state index contributed by atoms with van der Waals surface area (Å²) >= 11 is 0. The summed E-state index contributed by atoms with van der Waals surface area (Å²) < 4.78 is 18.1. The van der Waals surface area contributed by atoms with Gasteiger partial charge in [-0.3, -0.25) is 14.6 Å². The minimum atomic E-state index is -0.457. The van der Waals surface area contributed by atoms with Crippen LogP contribution in [-0.4, -0.2) is 34.7 Å². The largest absolute Gasteiger partial charge is 0.491 e. The number of methoxy groups -OCH3 is 2. The van der Waals surface area contributed by atoms with Gasteiger partial charge >= 0.3 is 0 Å². The fraction of sp³-hybridized carbons (Fsp3) is 0.231. The molecule has 0 saturated heterocycles. The highest BCUT2D eigenvalue weighted by molar-refractivity contribution is 6.05. The summed E-state index contributed by atoms with van der Waals surface area (Å²) in [5.74, 6) is 1.36. The molecule has 4 rings (SSSR count). The van der Waals surface area contributed by atoms with Crippen LogP contribution in [0.3, 0.4) is 0 Å². The summed E-state index contributed by atoms with van der Waals surface area (Å²) in [4.78, 5) is 34.4. The van der Waals surface area contributed by atoms with Crippen LogP contribution in [0.25, 0.3) is 11.0 Å². The smallest absolute Gasteiger partial charge is 0.263 e. The lowest BCUT2D eigenvalue weighted by Gasteiger charge is -2.14. The first kappa shape index (κ1) is 23.7. The van der Waals surface area contributed by atoms with E-state index in [1.807, 2.05) is 13.8 Å². The van der Waals surface area contributed by atoms with E-state index in [2.05, 4.69) is 15.3 Å². The van der Waals surface area contributed by atoms with Gasteiger partial charge in [0.1, 0.15) is 16.8 Å². The zero-order valence-corrected chi connectivity index (χ0v) is 20.2. The Balaban J connectivity index is 1.56. The molecule has 0 bridgehead atoms. The van der Waals surface area contributed by atoms with E-state index in [4.69, 9.17) is 14.2 Å². The number of hydrogen-bond acceptors (Lipinski definition) is 7. The van der Waals surface area contributed by atoms with Gasteiger partial charge in [0.2, 0.25) is 0 Å². The predicted octanol–water partition coefficient (Wildman–Crippen LogP) is 4.74. The SMILES string of the molecule is COc1cc2nccc(Oc3ccc(NC(=O)c4c(C)ccn(C(C)C)c4=O)cc3)c2nc1OC. The molecule has 0 saturated carbocycles. The topological polar surface area (TPSA) is 105 Å². The van der Waals surface area contributed by atoms with Crippen molar-refractivity contribution in [1.29, 1.82) is 0 Å². The number of benzene rings is 1. The molecule has 0 unspecified atom stereocenters. The van der Waals surface area contributed by atoms with Crippen molar-refractivity contribution in [1.82, 2.24) is 14.5 Å². The molecule has 35 heavy (non-hydrogen) atoms. The molecule has 1 N–H and O–H groups in total. The number of nitrogens with zero attached hydrogens (tertiary/aromatic N) is 3. The van der Waals surface area contributed by atoms with E-state index in [1.54, 1.807) is 61.8 Å². The first-order valence-electron chi connectivity index (χ1n) is 11.0. The van der Waals surface area contributed by atoms with Gasteiger partial charge in [0.05, 0.1) is 19.7 Å². The van der Waals surface area contributed by atoms with Crippen molar-refractivity contribution in [3.8, 4) is 23.1 Å². The Labute approximate surface area is 202 Å². The number of aryl methyl sites for hydroxylation is 1. The molecule has 4 aromatic rings. The van der Waals surface area contributed by atoms with Gasteiger partial charge < -0.3 is 24.1 Å². The van der Waals surface area contributed by atoms with Gasteiger partial charge in [0.25, 0.3) is 17.3 Å². The number of pyridine rings is 3. The number of nitrogens with one attached hydrogen (secondary N) is 1. The van der Waals surface area contributed by atoms with Crippen molar-refractivity contribution >= 4 is 22.6 Å². The highest BCUT2D eigenvalue weighted by atomic mass is 16.5. The molecule has 9 nitrogen and oxygen atoms in total. The Kier molecular flexibility index (Phi) is 6.68. The fourth-order valence-corrected chi connectivity index (χ4v) is 3.64. The number of anilines is 1. The minimum absolute atomic E-state index is 0.0501. The third-order valence-electron chi connectivity index (χ3n) is 5.47. The van der Waals surface area contributed by atoms with Crippen molar-refractivity contribution in [2.24, 2.45) is 0 Å². The van der Waals surface area contributed by atoms with Crippen LogP contribution in [0.2, 0.25) is 0 Å². The maximum Gasteiger partial charge on any atom is 0.263 e. The third kappa shape index (κ3) is 4.79. The van der Waals surface area contributed by atoms with Crippen LogP contribution in [0.1, 0.15) is 35.8 Å². The van der Waals surface area contributed by atoms with E-state index >= 15 is 0 Å². The van der Waals surface area contributed by atoms with E-state index in [0.717, 1.165) is 0 Å². The molecule has 1 aromatic carbocycles. The molecule has 9 heteroatoms. The van der Waals surface area contributed by atoms with Crippen LogP contribution < -0.4 is 25.1 Å². The van der Waals surface area contributed by atoms with Crippen molar-refractivity contribution in [2.45, 2.75) is 26.8 Å². The molecule has 0 aliphatic carbocycles. The average Bonchev–Trinajstić information content (AvgIpc) is 2.84. The third-order valence-corrected chi connectivity index (χ3v) is 5.47. The average molecular weight is 475 g/mol. The van der Waals surface area contributed by atoms with Gasteiger partial charge in [-0.2, -0.15) is 0 Å². The summed E-state index contributed by atoms with van der Waals surface area (Å²) in [6.45, 7) is 5.53. The maximum atomic E-state index is 12.9. The van der Waals surface area contributed by atoms with Crippen LogP contribution in [0.15, 0.2) is 59.7 Å². The van der Waals surface area contributed by atoms with Crippen molar-refractivity contribution in [3.63, 3.8) is 0 Å². The predicted molar refractivity (Wildman–Crippen MR) is 133 cm³/mol. The molecule has 0 aliphatic heterocycles. The molecular formula is C26H26N4O5. The number of carbonyl (C=O) groups is 1. The number of fused-ring (bicyclic) bond motifs is 1. The molecule has 1 amide bonds. The Morgan fingerprint density at radius 2 is 1.77 bits per heavy atom. The Hall–Kier alpha value is -4.40. The van der Waals surface area contributed by atoms with E-state index in [0.29, 0.717) is 45.4 Å². The van der Waals surface area contributed by atoms with Crippen LogP contribution in [0.4, 0.5) is 5.69 Å². The number of hydrogen-bond donors (Lipinski definition) is 1. The van der Waals surface area contributed by atoms with Crippen LogP contribution in [-0.2, 0) is 0 Å². The second-order valence-corrected chi connectivity index (χ2v) is 8.14. The molecule has 0 aliphatic rings. The molecule has 0 spiro atoms. The van der Waals surface area contributed by atoms with Gasteiger partial charge in [-0.1, -0.05) is 0 Å². The van der Waals surface area contributed by atoms with Gasteiger partial charge in [0, 0.05) is 36.3 Å². The first-order chi connectivity index (χ1) is 16.8. The van der Waals surface area contributed by atoms with E-state index in [1.165, 1.54) is 18.8 Å². The number of carbonyl (C=O) groups excluding carboxylic acids is 1. The van der Waals surface area contributed by atoms with E-state index in [9.17, 15) is 9.59 Å². The summed E-state index contributed by atoms with van der Waals surface area (Å²) in [6.07, 6.45) is 3.32. The molecule has 180 valence electrons. The lowest BCUT2D eigenvalue weighted by Crippen LogP contribution is -2.31. The fourth-order valence-electron chi connectivity index (χ4n) is 3.64. The lowest BCUT2D eigenvalue weighted by molar-refractivity contribution is 0.102. The summed E-state index contributed by atoms with van der Waals surface area (Å²) in [7, 11) is 3.04. The number of ether oxygens (including phenoxy) is 3. The van der Waals surface area contributed by atoms with E-state index < -0.39 is 5.91 Å². The summed E-state index contributed by atoms with van der Waals surface area (Å²) in [6, 6.07) is 12.0.